The minimum absolute atomic E-state index is 0.0271. The highest BCUT2D eigenvalue weighted by Gasteiger charge is 2.13. The number of hydrogen-bond acceptors (Lipinski definition) is 5. The van der Waals surface area contributed by atoms with Gasteiger partial charge in [0, 0.05) is 15.8 Å². The molecule has 0 saturated carbocycles. The van der Waals surface area contributed by atoms with Crippen molar-refractivity contribution in [2.24, 2.45) is 0 Å². The second kappa shape index (κ2) is 7.28. The molecule has 1 amide bonds. The topological polar surface area (TPSA) is 101 Å². The monoisotopic (exact) mass is 380 g/mol. The van der Waals surface area contributed by atoms with Gasteiger partial charge in [0.2, 0.25) is 0 Å². The Labute approximate surface area is 139 Å². The lowest BCUT2D eigenvalue weighted by atomic mass is 10.2. The van der Waals surface area contributed by atoms with Gasteiger partial charge in [0.15, 0.2) is 11.0 Å². The van der Waals surface area contributed by atoms with E-state index in [0.717, 1.165) is 4.47 Å². The van der Waals surface area contributed by atoms with Crippen LogP contribution in [0, 0.1) is 0 Å². The van der Waals surface area contributed by atoms with Crippen LogP contribution in [0.5, 0.6) is 0 Å². The second-order valence-electron chi connectivity index (χ2n) is 4.19. The lowest BCUT2D eigenvalue weighted by Gasteiger charge is -2.08. The summed E-state index contributed by atoms with van der Waals surface area (Å²) in [6, 6.07) is 6.72. The zero-order valence-corrected chi connectivity index (χ0v) is 13.8. The Morgan fingerprint density at radius 1 is 1.45 bits per heavy atom. The minimum atomic E-state index is -0.496. The molecule has 0 unspecified atom stereocenters. The number of benzene rings is 1. The molecular weight excluding hydrogens is 368 g/mol. The van der Waals surface area contributed by atoms with E-state index in [1.807, 2.05) is 0 Å². The molecular formula is C14H13BrN4O2S. The number of carbonyl (C=O) groups excluding carboxylic acids is 1. The van der Waals surface area contributed by atoms with Gasteiger partial charge in [-0.15, -0.1) is 6.58 Å². The highest BCUT2D eigenvalue weighted by atomic mass is 79.9. The molecule has 114 valence electrons. The average molecular weight is 381 g/mol. The van der Waals surface area contributed by atoms with Crippen molar-refractivity contribution in [2.45, 2.75) is 5.16 Å². The van der Waals surface area contributed by atoms with Gasteiger partial charge in [-0.25, -0.2) is 4.98 Å². The number of H-pyrrole nitrogens is 1. The number of nitrogens with two attached hydrogens (primary N) is 1. The van der Waals surface area contributed by atoms with E-state index in [1.165, 1.54) is 11.8 Å². The quantitative estimate of drug-likeness (QED) is 0.420. The largest absolute Gasteiger partial charge is 0.382 e. The number of carbonyl (C=O) groups is 1. The Bertz CT molecular complexity index is 758. The maximum atomic E-state index is 12.1. The molecule has 1 aromatic carbocycles. The van der Waals surface area contributed by atoms with Crippen molar-refractivity contribution in [3.05, 3.63) is 57.3 Å². The van der Waals surface area contributed by atoms with Crippen molar-refractivity contribution in [3.63, 3.8) is 0 Å². The van der Waals surface area contributed by atoms with Gasteiger partial charge >= 0.3 is 0 Å². The fourth-order valence-electron chi connectivity index (χ4n) is 1.58. The number of aromatic amines is 1. The van der Waals surface area contributed by atoms with Crippen LogP contribution in [0.1, 0.15) is 10.4 Å². The number of nitrogen functional groups attached to an aromatic ring is 1. The van der Waals surface area contributed by atoms with E-state index in [2.05, 4.69) is 37.8 Å². The van der Waals surface area contributed by atoms with Gasteiger partial charge in [0.25, 0.3) is 11.5 Å². The molecule has 0 spiro atoms. The second-order valence-corrected chi connectivity index (χ2v) is 6.12. The van der Waals surface area contributed by atoms with E-state index in [1.54, 1.807) is 30.3 Å². The molecule has 0 radical (unpaired) electrons. The third kappa shape index (κ3) is 3.99. The van der Waals surface area contributed by atoms with Crippen LogP contribution in [0.4, 0.5) is 11.5 Å². The third-order valence-corrected chi connectivity index (χ3v) is 4.01. The van der Waals surface area contributed by atoms with Crippen molar-refractivity contribution in [3.8, 4) is 0 Å². The molecule has 0 aliphatic heterocycles. The average Bonchev–Trinajstić information content (AvgIpc) is 2.49. The molecule has 1 heterocycles. The summed E-state index contributed by atoms with van der Waals surface area (Å²) in [5.74, 6) is 0.131. The smallest absolute Gasteiger partial charge is 0.277 e. The van der Waals surface area contributed by atoms with Crippen molar-refractivity contribution < 1.29 is 4.79 Å². The van der Waals surface area contributed by atoms with Crippen molar-refractivity contribution in [1.29, 1.82) is 0 Å². The van der Waals surface area contributed by atoms with E-state index < -0.39 is 11.5 Å². The molecule has 8 heteroatoms. The third-order valence-electron chi connectivity index (χ3n) is 2.61. The van der Waals surface area contributed by atoms with E-state index in [9.17, 15) is 9.59 Å². The maximum absolute atomic E-state index is 12.1. The van der Waals surface area contributed by atoms with E-state index in [4.69, 9.17) is 5.73 Å². The Morgan fingerprint density at radius 2 is 2.14 bits per heavy atom. The predicted molar refractivity (Wildman–Crippen MR) is 92.3 cm³/mol. The summed E-state index contributed by atoms with van der Waals surface area (Å²) >= 11 is 4.58. The van der Waals surface area contributed by atoms with Crippen LogP contribution in [-0.2, 0) is 0 Å². The standard InChI is InChI=1S/C14H13BrN4O2S/c1-2-7-22-14-18-11(16)10(13(21)19-14)17-12(20)8-3-5-9(15)6-4-8/h2-6H,1,7H2,(H,17,20)(H3,16,18,19,21). The van der Waals surface area contributed by atoms with Crippen LogP contribution in [-0.4, -0.2) is 21.6 Å². The molecule has 0 saturated heterocycles. The molecule has 2 aromatic rings. The van der Waals surface area contributed by atoms with E-state index in [0.29, 0.717) is 16.5 Å². The summed E-state index contributed by atoms with van der Waals surface area (Å²) < 4.78 is 0.853. The van der Waals surface area contributed by atoms with E-state index in [-0.39, 0.29) is 11.5 Å². The number of nitrogens with zero attached hydrogens (tertiary/aromatic N) is 1. The zero-order chi connectivity index (χ0) is 16.1. The van der Waals surface area contributed by atoms with Gasteiger partial charge in [-0.05, 0) is 24.3 Å². The molecule has 0 fully saturated rings. The number of halogens is 1. The van der Waals surface area contributed by atoms with Crippen molar-refractivity contribution >= 4 is 45.1 Å². The Hall–Kier alpha value is -2.06. The molecule has 0 aliphatic carbocycles. The lowest BCUT2D eigenvalue weighted by molar-refractivity contribution is 0.102. The van der Waals surface area contributed by atoms with E-state index >= 15 is 0 Å². The van der Waals surface area contributed by atoms with Crippen molar-refractivity contribution in [2.75, 3.05) is 16.8 Å². The number of hydrogen-bond donors (Lipinski definition) is 3. The normalized spacial score (nSPS) is 10.2. The lowest BCUT2D eigenvalue weighted by Crippen LogP contribution is -2.23. The highest BCUT2D eigenvalue weighted by molar-refractivity contribution is 9.10. The molecule has 2 rings (SSSR count). The van der Waals surface area contributed by atoms with Crippen LogP contribution >= 0.6 is 27.7 Å². The fourth-order valence-corrected chi connectivity index (χ4v) is 2.45. The van der Waals surface area contributed by atoms with Gasteiger partial charge in [0.05, 0.1) is 0 Å². The Kier molecular flexibility index (Phi) is 5.40. The molecule has 0 atom stereocenters. The zero-order valence-electron chi connectivity index (χ0n) is 11.4. The number of aromatic nitrogens is 2. The molecule has 1 aromatic heterocycles. The first-order valence-electron chi connectivity index (χ1n) is 6.21. The number of nitrogens with one attached hydrogen (secondary N) is 2. The van der Waals surface area contributed by atoms with Crippen molar-refractivity contribution in [1.82, 2.24) is 9.97 Å². The minimum Gasteiger partial charge on any atom is -0.382 e. The molecule has 22 heavy (non-hydrogen) atoms. The Morgan fingerprint density at radius 3 is 2.73 bits per heavy atom. The number of rotatable bonds is 5. The number of amides is 1. The molecule has 4 N–H and O–H groups in total. The van der Waals surface area contributed by atoms with Crippen LogP contribution in [0.3, 0.4) is 0 Å². The first-order valence-corrected chi connectivity index (χ1v) is 7.99. The molecule has 0 bridgehead atoms. The van der Waals surface area contributed by atoms with Gasteiger partial charge in [-0.1, -0.05) is 33.8 Å². The van der Waals surface area contributed by atoms with Gasteiger partial charge in [-0.2, -0.15) is 0 Å². The fraction of sp³-hybridized carbons (Fsp3) is 0.0714. The van der Waals surface area contributed by atoms with Crippen LogP contribution in [0.2, 0.25) is 0 Å². The summed E-state index contributed by atoms with van der Waals surface area (Å²) in [6.07, 6.45) is 1.68. The van der Waals surface area contributed by atoms with Crippen LogP contribution in [0.15, 0.2) is 51.3 Å². The first kappa shape index (κ1) is 16.3. The first-order chi connectivity index (χ1) is 10.5. The van der Waals surface area contributed by atoms with Crippen LogP contribution in [0.25, 0.3) is 0 Å². The van der Waals surface area contributed by atoms with Gasteiger partial charge in [0.1, 0.15) is 5.69 Å². The number of thioether (sulfide) groups is 1. The number of anilines is 2. The highest BCUT2D eigenvalue weighted by Crippen LogP contribution is 2.17. The van der Waals surface area contributed by atoms with Crippen LogP contribution < -0.4 is 16.6 Å². The molecule has 0 aliphatic rings. The Balaban J connectivity index is 2.22. The summed E-state index contributed by atoms with van der Waals surface area (Å²) in [7, 11) is 0. The summed E-state index contributed by atoms with van der Waals surface area (Å²) in [6.45, 7) is 3.59. The maximum Gasteiger partial charge on any atom is 0.277 e. The van der Waals surface area contributed by atoms with Gasteiger partial charge < -0.3 is 11.1 Å². The summed E-state index contributed by atoms with van der Waals surface area (Å²) in [5, 5.41) is 2.86. The SMILES string of the molecule is C=CCSc1nc(N)c(NC(=O)c2ccc(Br)cc2)c(=O)[nH]1. The summed E-state index contributed by atoms with van der Waals surface area (Å²) in [4.78, 5) is 30.7. The molecule has 6 nitrogen and oxygen atoms in total. The summed E-state index contributed by atoms with van der Waals surface area (Å²) in [5.41, 5.74) is 5.61. The predicted octanol–water partition coefficient (Wildman–Crippen LogP) is 2.65. The van der Waals surface area contributed by atoms with Gasteiger partial charge in [-0.3, -0.25) is 14.6 Å².